The molecular weight excluding hydrogens is 350 g/mol. The van der Waals surface area contributed by atoms with Crippen molar-refractivity contribution in [3.63, 3.8) is 0 Å². The molecule has 1 amide bonds. The molecule has 0 saturated carbocycles. The number of carbonyl (C=O) groups excluding carboxylic acids is 1. The fraction of sp³-hybridized carbons (Fsp3) is 0.400. The first-order valence-corrected chi connectivity index (χ1v) is 9.44. The summed E-state index contributed by atoms with van der Waals surface area (Å²) in [5.74, 6) is 0.130. The SMILES string of the molecule is CC(Sc1nn(-c2ccccc2)c(=S)s1)C(=O)N1CCOCC1. The summed E-state index contributed by atoms with van der Waals surface area (Å²) in [4.78, 5) is 14.3. The van der Waals surface area contributed by atoms with Crippen molar-refractivity contribution in [2.75, 3.05) is 26.3 Å². The van der Waals surface area contributed by atoms with Gasteiger partial charge in [-0.15, -0.1) is 5.10 Å². The summed E-state index contributed by atoms with van der Waals surface area (Å²) in [6.45, 7) is 4.48. The Hall–Kier alpha value is -1.22. The Labute approximate surface area is 148 Å². The Kier molecular flexibility index (Phi) is 5.47. The van der Waals surface area contributed by atoms with Crippen LogP contribution in [0.3, 0.4) is 0 Å². The first kappa shape index (κ1) is 16.6. The smallest absolute Gasteiger partial charge is 0.236 e. The van der Waals surface area contributed by atoms with E-state index < -0.39 is 0 Å². The van der Waals surface area contributed by atoms with Gasteiger partial charge in [0.05, 0.1) is 24.2 Å². The maximum absolute atomic E-state index is 12.5. The van der Waals surface area contributed by atoms with Gasteiger partial charge in [0.2, 0.25) is 5.91 Å². The van der Waals surface area contributed by atoms with E-state index in [-0.39, 0.29) is 11.2 Å². The quantitative estimate of drug-likeness (QED) is 0.614. The molecule has 23 heavy (non-hydrogen) atoms. The van der Waals surface area contributed by atoms with Crippen LogP contribution in [0.25, 0.3) is 5.69 Å². The number of rotatable bonds is 4. The predicted octanol–water partition coefficient (Wildman–Crippen LogP) is 3.00. The third-order valence-corrected chi connectivity index (χ3v) is 5.88. The highest BCUT2D eigenvalue weighted by atomic mass is 32.2. The lowest BCUT2D eigenvalue weighted by Crippen LogP contribution is -2.44. The van der Waals surface area contributed by atoms with Crippen LogP contribution in [-0.2, 0) is 9.53 Å². The number of hydrogen-bond donors (Lipinski definition) is 0. The van der Waals surface area contributed by atoms with Crippen molar-refractivity contribution in [1.82, 2.24) is 14.7 Å². The molecule has 1 aliphatic heterocycles. The molecule has 0 bridgehead atoms. The molecule has 0 N–H and O–H groups in total. The number of aromatic nitrogens is 2. The number of benzene rings is 1. The number of thioether (sulfide) groups is 1. The van der Waals surface area contributed by atoms with Crippen LogP contribution >= 0.6 is 35.3 Å². The Bertz CT molecular complexity index is 723. The average Bonchev–Trinajstić information content (AvgIpc) is 2.96. The molecule has 122 valence electrons. The third-order valence-electron chi connectivity index (χ3n) is 3.48. The summed E-state index contributed by atoms with van der Waals surface area (Å²) in [6, 6.07) is 9.79. The largest absolute Gasteiger partial charge is 0.378 e. The van der Waals surface area contributed by atoms with Gasteiger partial charge in [0.15, 0.2) is 8.29 Å². The van der Waals surface area contributed by atoms with E-state index in [1.807, 2.05) is 42.2 Å². The minimum Gasteiger partial charge on any atom is -0.378 e. The van der Waals surface area contributed by atoms with E-state index in [0.29, 0.717) is 30.3 Å². The van der Waals surface area contributed by atoms with Crippen molar-refractivity contribution in [1.29, 1.82) is 0 Å². The normalized spacial score (nSPS) is 16.3. The van der Waals surface area contributed by atoms with Crippen molar-refractivity contribution < 1.29 is 9.53 Å². The van der Waals surface area contributed by atoms with E-state index in [1.54, 1.807) is 4.68 Å². The maximum atomic E-state index is 12.5. The Morgan fingerprint density at radius 1 is 1.35 bits per heavy atom. The van der Waals surface area contributed by atoms with Gasteiger partial charge < -0.3 is 9.64 Å². The molecule has 0 spiro atoms. The molecule has 1 saturated heterocycles. The van der Waals surface area contributed by atoms with Crippen molar-refractivity contribution >= 4 is 41.2 Å². The zero-order valence-electron chi connectivity index (χ0n) is 12.7. The van der Waals surface area contributed by atoms with E-state index in [4.69, 9.17) is 17.0 Å². The third kappa shape index (κ3) is 4.00. The summed E-state index contributed by atoms with van der Waals surface area (Å²) in [6.07, 6.45) is 0. The molecule has 1 aromatic heterocycles. The molecule has 2 heterocycles. The van der Waals surface area contributed by atoms with E-state index in [9.17, 15) is 4.79 Å². The highest BCUT2D eigenvalue weighted by Gasteiger charge is 2.24. The second-order valence-electron chi connectivity index (χ2n) is 5.08. The molecule has 1 unspecified atom stereocenters. The first-order valence-electron chi connectivity index (χ1n) is 7.34. The average molecular weight is 368 g/mol. The molecular formula is C15H17N3O2S3. The molecule has 2 aromatic rings. The van der Waals surface area contributed by atoms with Gasteiger partial charge in [-0.3, -0.25) is 4.79 Å². The topological polar surface area (TPSA) is 47.4 Å². The number of ether oxygens (including phenoxy) is 1. The van der Waals surface area contributed by atoms with Crippen LogP contribution in [0.15, 0.2) is 34.7 Å². The fourth-order valence-corrected chi connectivity index (χ4v) is 4.87. The molecule has 0 radical (unpaired) electrons. The summed E-state index contributed by atoms with van der Waals surface area (Å²) >= 11 is 8.29. The molecule has 8 heteroatoms. The monoisotopic (exact) mass is 367 g/mol. The second-order valence-corrected chi connectivity index (χ2v) is 8.29. The zero-order chi connectivity index (χ0) is 16.2. The van der Waals surface area contributed by atoms with Crippen LogP contribution in [0.5, 0.6) is 0 Å². The van der Waals surface area contributed by atoms with Crippen LogP contribution in [-0.4, -0.2) is 52.1 Å². The number of morpholine rings is 1. The number of amides is 1. The van der Waals surface area contributed by atoms with Gasteiger partial charge in [0.25, 0.3) is 0 Å². The standard InChI is InChI=1S/C15H17N3O2S3/c1-11(13(19)17-7-9-20-10-8-17)22-14-16-18(15(21)23-14)12-5-3-2-4-6-12/h2-6,11H,7-10H2,1H3. The summed E-state index contributed by atoms with van der Waals surface area (Å²) in [5.41, 5.74) is 0.938. The highest BCUT2D eigenvalue weighted by Crippen LogP contribution is 2.28. The Balaban J connectivity index is 1.71. The Morgan fingerprint density at radius 2 is 2.04 bits per heavy atom. The predicted molar refractivity (Wildman–Crippen MR) is 95.0 cm³/mol. The number of para-hydroxylation sites is 1. The molecule has 0 aliphatic carbocycles. The number of nitrogens with zero attached hydrogens (tertiary/aromatic N) is 3. The van der Waals surface area contributed by atoms with Gasteiger partial charge in [-0.05, 0) is 31.3 Å². The van der Waals surface area contributed by atoms with Crippen LogP contribution < -0.4 is 0 Å². The van der Waals surface area contributed by atoms with Crippen molar-refractivity contribution in [3.05, 3.63) is 34.3 Å². The van der Waals surface area contributed by atoms with Gasteiger partial charge >= 0.3 is 0 Å². The van der Waals surface area contributed by atoms with Crippen molar-refractivity contribution in [3.8, 4) is 5.69 Å². The Morgan fingerprint density at radius 3 is 2.74 bits per heavy atom. The molecule has 1 aliphatic rings. The maximum Gasteiger partial charge on any atom is 0.236 e. The van der Waals surface area contributed by atoms with Crippen LogP contribution in [0, 0.1) is 3.95 Å². The lowest BCUT2D eigenvalue weighted by molar-refractivity contribution is -0.134. The van der Waals surface area contributed by atoms with Gasteiger partial charge in [-0.1, -0.05) is 41.3 Å². The minimum atomic E-state index is -0.183. The number of carbonyl (C=O) groups is 1. The summed E-state index contributed by atoms with van der Waals surface area (Å²) in [5, 5.41) is 4.36. The fourth-order valence-electron chi connectivity index (χ4n) is 2.28. The van der Waals surface area contributed by atoms with Crippen molar-refractivity contribution in [2.24, 2.45) is 0 Å². The lowest BCUT2D eigenvalue weighted by atomic mass is 10.3. The van der Waals surface area contributed by atoms with E-state index in [1.165, 1.54) is 23.1 Å². The zero-order valence-corrected chi connectivity index (χ0v) is 15.1. The molecule has 3 rings (SSSR count). The molecule has 1 aromatic carbocycles. The van der Waals surface area contributed by atoms with Crippen LogP contribution in [0.1, 0.15) is 6.92 Å². The molecule has 1 fully saturated rings. The minimum absolute atomic E-state index is 0.130. The summed E-state index contributed by atoms with van der Waals surface area (Å²) in [7, 11) is 0. The van der Waals surface area contributed by atoms with Crippen LogP contribution in [0.4, 0.5) is 0 Å². The van der Waals surface area contributed by atoms with Crippen molar-refractivity contribution in [2.45, 2.75) is 16.5 Å². The highest BCUT2D eigenvalue weighted by molar-refractivity contribution is 8.02. The lowest BCUT2D eigenvalue weighted by Gasteiger charge is -2.28. The second kappa shape index (κ2) is 7.57. The van der Waals surface area contributed by atoms with Gasteiger partial charge in [-0.2, -0.15) is 0 Å². The van der Waals surface area contributed by atoms with E-state index in [0.717, 1.165) is 10.0 Å². The van der Waals surface area contributed by atoms with Gasteiger partial charge in [0, 0.05) is 13.1 Å². The summed E-state index contributed by atoms with van der Waals surface area (Å²) < 4.78 is 8.53. The van der Waals surface area contributed by atoms with Crippen LogP contribution in [0.2, 0.25) is 0 Å². The van der Waals surface area contributed by atoms with Gasteiger partial charge in [-0.25, -0.2) is 4.68 Å². The van der Waals surface area contributed by atoms with E-state index >= 15 is 0 Å². The first-order chi connectivity index (χ1) is 11.1. The molecule has 5 nitrogen and oxygen atoms in total. The van der Waals surface area contributed by atoms with Gasteiger partial charge in [0.1, 0.15) is 0 Å². The number of hydrogen-bond acceptors (Lipinski definition) is 6. The van der Waals surface area contributed by atoms with E-state index in [2.05, 4.69) is 5.10 Å². The molecule has 1 atom stereocenters.